The third-order valence-electron chi connectivity index (χ3n) is 3.63. The van der Waals surface area contributed by atoms with Gasteiger partial charge in [-0.3, -0.25) is 0 Å². The number of hydrogen-bond donors (Lipinski definition) is 2. The summed E-state index contributed by atoms with van der Waals surface area (Å²) in [5.41, 5.74) is 10.1. The van der Waals surface area contributed by atoms with Crippen molar-refractivity contribution in [3.05, 3.63) is 34.9 Å². The zero-order chi connectivity index (χ0) is 11.5. The Kier molecular flexibility index (Phi) is 3.62. The van der Waals surface area contributed by atoms with E-state index in [0.29, 0.717) is 12.1 Å². The first-order valence-electron chi connectivity index (χ1n) is 6.22. The monoisotopic (exact) mass is 218 g/mol. The van der Waals surface area contributed by atoms with Gasteiger partial charge >= 0.3 is 0 Å². The van der Waals surface area contributed by atoms with Crippen LogP contribution in [0.3, 0.4) is 0 Å². The lowest BCUT2D eigenvalue weighted by molar-refractivity contribution is 0.475. The summed E-state index contributed by atoms with van der Waals surface area (Å²) in [6.07, 6.45) is 3.67. The molecule has 0 heterocycles. The largest absolute Gasteiger partial charge is 0.326 e. The summed E-state index contributed by atoms with van der Waals surface area (Å²) >= 11 is 0. The van der Waals surface area contributed by atoms with E-state index in [-0.39, 0.29) is 0 Å². The van der Waals surface area contributed by atoms with E-state index in [0.717, 1.165) is 6.54 Å². The van der Waals surface area contributed by atoms with Crippen LogP contribution in [0.2, 0.25) is 0 Å². The van der Waals surface area contributed by atoms with E-state index >= 15 is 0 Å². The highest BCUT2D eigenvalue weighted by Gasteiger charge is 2.22. The summed E-state index contributed by atoms with van der Waals surface area (Å²) in [6.45, 7) is 5.27. The summed E-state index contributed by atoms with van der Waals surface area (Å²) in [5, 5.41) is 3.59. The molecule has 1 fully saturated rings. The standard InChI is InChI=1S/C14H22N2/c1-10-6-7-11(2)12(8-10)9-16-14-5-3-4-13(14)15/h6-8,13-14,16H,3-5,9,15H2,1-2H3. The van der Waals surface area contributed by atoms with Crippen LogP contribution in [0.5, 0.6) is 0 Å². The molecule has 0 bridgehead atoms. The SMILES string of the molecule is Cc1ccc(C)c(CNC2CCCC2N)c1. The minimum atomic E-state index is 0.352. The molecule has 2 heteroatoms. The zero-order valence-corrected chi connectivity index (χ0v) is 10.3. The quantitative estimate of drug-likeness (QED) is 0.817. The van der Waals surface area contributed by atoms with E-state index in [4.69, 9.17) is 5.73 Å². The Hall–Kier alpha value is -0.860. The van der Waals surface area contributed by atoms with Crippen molar-refractivity contribution in [1.82, 2.24) is 5.32 Å². The molecule has 0 saturated heterocycles. The molecule has 2 unspecified atom stereocenters. The third kappa shape index (κ3) is 2.63. The van der Waals surface area contributed by atoms with Gasteiger partial charge in [0.05, 0.1) is 0 Å². The van der Waals surface area contributed by atoms with E-state index in [9.17, 15) is 0 Å². The van der Waals surface area contributed by atoms with Gasteiger partial charge in [-0.05, 0) is 37.8 Å². The third-order valence-corrected chi connectivity index (χ3v) is 3.63. The fourth-order valence-corrected chi connectivity index (χ4v) is 2.47. The topological polar surface area (TPSA) is 38.0 Å². The van der Waals surface area contributed by atoms with Crippen LogP contribution >= 0.6 is 0 Å². The summed E-state index contributed by atoms with van der Waals surface area (Å²) in [4.78, 5) is 0. The van der Waals surface area contributed by atoms with Gasteiger partial charge in [0.15, 0.2) is 0 Å². The number of aryl methyl sites for hydroxylation is 2. The fourth-order valence-electron chi connectivity index (χ4n) is 2.47. The molecule has 1 aromatic carbocycles. The van der Waals surface area contributed by atoms with Gasteiger partial charge in [0, 0.05) is 18.6 Å². The van der Waals surface area contributed by atoms with Crippen molar-refractivity contribution in [2.24, 2.45) is 5.73 Å². The van der Waals surface area contributed by atoms with Crippen LogP contribution in [0, 0.1) is 13.8 Å². The van der Waals surface area contributed by atoms with Crippen LogP contribution < -0.4 is 11.1 Å². The van der Waals surface area contributed by atoms with Gasteiger partial charge in [-0.1, -0.05) is 30.2 Å². The normalized spacial score (nSPS) is 24.9. The smallest absolute Gasteiger partial charge is 0.0222 e. The van der Waals surface area contributed by atoms with Gasteiger partial charge in [0.25, 0.3) is 0 Å². The predicted molar refractivity (Wildman–Crippen MR) is 68.4 cm³/mol. The van der Waals surface area contributed by atoms with Gasteiger partial charge in [-0.2, -0.15) is 0 Å². The summed E-state index contributed by atoms with van der Waals surface area (Å²) in [5.74, 6) is 0. The maximum atomic E-state index is 6.05. The van der Waals surface area contributed by atoms with Crippen LogP contribution in [0.15, 0.2) is 18.2 Å². The highest BCUT2D eigenvalue weighted by Crippen LogP contribution is 2.18. The van der Waals surface area contributed by atoms with E-state index in [1.165, 1.54) is 36.0 Å². The van der Waals surface area contributed by atoms with Gasteiger partial charge in [0.1, 0.15) is 0 Å². The van der Waals surface area contributed by atoms with Gasteiger partial charge in [-0.15, -0.1) is 0 Å². The highest BCUT2D eigenvalue weighted by atomic mass is 15.0. The Bertz CT molecular complexity index is 360. The lowest BCUT2D eigenvalue weighted by atomic mass is 10.0. The van der Waals surface area contributed by atoms with E-state index in [1.807, 2.05) is 0 Å². The molecule has 0 spiro atoms. The molecule has 16 heavy (non-hydrogen) atoms. The van der Waals surface area contributed by atoms with Gasteiger partial charge in [-0.25, -0.2) is 0 Å². The average molecular weight is 218 g/mol. The van der Waals surface area contributed by atoms with Crippen LogP contribution in [-0.2, 0) is 6.54 Å². The Balaban J connectivity index is 1.96. The van der Waals surface area contributed by atoms with Crippen molar-refractivity contribution in [1.29, 1.82) is 0 Å². The highest BCUT2D eigenvalue weighted by molar-refractivity contribution is 5.30. The van der Waals surface area contributed by atoms with E-state index < -0.39 is 0 Å². The molecule has 1 saturated carbocycles. The van der Waals surface area contributed by atoms with Gasteiger partial charge in [0.2, 0.25) is 0 Å². The molecule has 1 aliphatic rings. The summed E-state index contributed by atoms with van der Waals surface area (Å²) in [7, 11) is 0. The Morgan fingerprint density at radius 1 is 1.31 bits per heavy atom. The number of rotatable bonds is 3. The fraction of sp³-hybridized carbons (Fsp3) is 0.571. The molecule has 2 rings (SSSR count). The molecule has 0 amide bonds. The summed E-state index contributed by atoms with van der Waals surface area (Å²) < 4.78 is 0. The predicted octanol–water partition coefficient (Wildman–Crippen LogP) is 2.27. The van der Waals surface area contributed by atoms with Crippen molar-refractivity contribution in [3.63, 3.8) is 0 Å². The van der Waals surface area contributed by atoms with Gasteiger partial charge < -0.3 is 11.1 Å². The van der Waals surface area contributed by atoms with Crippen molar-refractivity contribution >= 4 is 0 Å². The van der Waals surface area contributed by atoms with Crippen LogP contribution in [0.25, 0.3) is 0 Å². The molecule has 1 aliphatic carbocycles. The van der Waals surface area contributed by atoms with Crippen LogP contribution in [0.1, 0.15) is 36.0 Å². The first-order chi connectivity index (χ1) is 7.66. The van der Waals surface area contributed by atoms with Crippen molar-refractivity contribution < 1.29 is 0 Å². The lowest BCUT2D eigenvalue weighted by Crippen LogP contribution is -2.40. The minimum Gasteiger partial charge on any atom is -0.326 e. The molecule has 0 aromatic heterocycles. The lowest BCUT2D eigenvalue weighted by Gasteiger charge is -2.18. The Labute approximate surface area is 98.2 Å². The van der Waals surface area contributed by atoms with E-state index in [2.05, 4.69) is 37.4 Å². The van der Waals surface area contributed by atoms with Crippen molar-refractivity contribution in [2.75, 3.05) is 0 Å². The van der Waals surface area contributed by atoms with Crippen molar-refractivity contribution in [3.8, 4) is 0 Å². The second-order valence-electron chi connectivity index (χ2n) is 5.01. The molecule has 1 aromatic rings. The average Bonchev–Trinajstić information content (AvgIpc) is 2.66. The molecule has 3 N–H and O–H groups in total. The Morgan fingerprint density at radius 3 is 2.81 bits per heavy atom. The first-order valence-corrected chi connectivity index (χ1v) is 6.22. The molecule has 0 radical (unpaired) electrons. The minimum absolute atomic E-state index is 0.352. The maximum Gasteiger partial charge on any atom is 0.0222 e. The maximum absolute atomic E-state index is 6.05. The van der Waals surface area contributed by atoms with Crippen LogP contribution in [-0.4, -0.2) is 12.1 Å². The van der Waals surface area contributed by atoms with Crippen LogP contribution in [0.4, 0.5) is 0 Å². The summed E-state index contributed by atoms with van der Waals surface area (Å²) in [6, 6.07) is 7.49. The second-order valence-corrected chi connectivity index (χ2v) is 5.01. The molecule has 88 valence electrons. The number of nitrogens with two attached hydrogens (primary N) is 1. The van der Waals surface area contributed by atoms with E-state index in [1.54, 1.807) is 0 Å². The molecular weight excluding hydrogens is 196 g/mol. The Morgan fingerprint density at radius 2 is 2.12 bits per heavy atom. The number of benzene rings is 1. The molecule has 2 atom stereocenters. The molecular formula is C14H22N2. The second kappa shape index (κ2) is 4.98. The van der Waals surface area contributed by atoms with Crippen molar-refractivity contribution in [2.45, 2.75) is 51.7 Å². The number of hydrogen-bond acceptors (Lipinski definition) is 2. The zero-order valence-electron chi connectivity index (χ0n) is 10.3. The molecule has 2 nitrogen and oxygen atoms in total. The first kappa shape index (κ1) is 11.6. The molecule has 0 aliphatic heterocycles. The number of nitrogens with one attached hydrogen (secondary N) is 1.